The minimum absolute atomic E-state index is 0.0618. The highest BCUT2D eigenvalue weighted by atomic mass is 16.6. The molecule has 5 nitrogen and oxygen atoms in total. The molecule has 1 fully saturated rings. The fraction of sp³-hybridized carbons (Fsp3) is 0.538. The van der Waals surface area contributed by atoms with Gasteiger partial charge in [0.25, 0.3) is 5.69 Å². The summed E-state index contributed by atoms with van der Waals surface area (Å²) in [7, 11) is 0. The van der Waals surface area contributed by atoms with E-state index in [2.05, 4.69) is 0 Å². The van der Waals surface area contributed by atoms with Crippen LogP contribution in [-0.4, -0.2) is 24.2 Å². The molecule has 1 aromatic rings. The van der Waals surface area contributed by atoms with Gasteiger partial charge in [0.2, 0.25) is 0 Å². The van der Waals surface area contributed by atoms with Gasteiger partial charge in [-0.25, -0.2) is 0 Å². The Morgan fingerprint density at radius 3 is 2.72 bits per heavy atom. The number of hydrogen-bond acceptors (Lipinski definition) is 4. The van der Waals surface area contributed by atoms with Gasteiger partial charge in [-0.1, -0.05) is 12.1 Å². The molecule has 2 N–H and O–H groups in total. The van der Waals surface area contributed by atoms with Gasteiger partial charge in [0.15, 0.2) is 0 Å². The predicted octanol–water partition coefficient (Wildman–Crippen LogP) is 1.89. The second-order valence-electron chi connectivity index (χ2n) is 4.77. The lowest BCUT2D eigenvalue weighted by Gasteiger charge is -2.27. The minimum atomic E-state index is -0.390. The zero-order valence-electron chi connectivity index (χ0n) is 10.2. The van der Waals surface area contributed by atoms with Crippen LogP contribution in [0.5, 0.6) is 0 Å². The van der Waals surface area contributed by atoms with Crippen molar-refractivity contribution in [2.75, 3.05) is 13.2 Å². The number of ether oxygens (including phenoxy) is 1. The lowest BCUT2D eigenvalue weighted by atomic mass is 9.90. The van der Waals surface area contributed by atoms with Gasteiger partial charge in [0.05, 0.1) is 11.5 Å². The molecule has 98 valence electrons. The highest BCUT2D eigenvalue weighted by molar-refractivity contribution is 5.33. The summed E-state index contributed by atoms with van der Waals surface area (Å²) in [6.07, 6.45) is 2.92. The van der Waals surface area contributed by atoms with Crippen LogP contribution in [0.1, 0.15) is 18.4 Å². The van der Waals surface area contributed by atoms with Crippen molar-refractivity contribution in [2.45, 2.75) is 25.3 Å². The second kappa shape index (κ2) is 5.93. The molecular formula is C13H18N2O3. The van der Waals surface area contributed by atoms with Crippen LogP contribution in [-0.2, 0) is 11.2 Å². The summed E-state index contributed by atoms with van der Waals surface area (Å²) in [5.74, 6) is 0.397. The molecule has 0 saturated carbocycles. The highest BCUT2D eigenvalue weighted by Crippen LogP contribution is 2.20. The zero-order chi connectivity index (χ0) is 13.0. The molecule has 1 aromatic carbocycles. The Bertz CT molecular complexity index is 399. The summed E-state index contributed by atoms with van der Waals surface area (Å²) in [6.45, 7) is 1.56. The molecule has 0 spiro atoms. The van der Waals surface area contributed by atoms with E-state index in [1.807, 2.05) is 0 Å². The van der Waals surface area contributed by atoms with Crippen molar-refractivity contribution in [3.05, 3.63) is 39.9 Å². The van der Waals surface area contributed by atoms with E-state index in [4.69, 9.17) is 10.5 Å². The first-order chi connectivity index (χ1) is 8.66. The third-order valence-electron chi connectivity index (χ3n) is 3.42. The summed E-state index contributed by atoms with van der Waals surface area (Å²) < 4.78 is 5.42. The van der Waals surface area contributed by atoms with Gasteiger partial charge in [-0.2, -0.15) is 0 Å². The molecule has 0 aliphatic carbocycles. The van der Waals surface area contributed by atoms with Crippen molar-refractivity contribution in [2.24, 2.45) is 11.7 Å². The number of nitrogens with zero attached hydrogens (tertiary/aromatic N) is 1. The van der Waals surface area contributed by atoms with Gasteiger partial charge in [0.1, 0.15) is 0 Å². The van der Waals surface area contributed by atoms with E-state index in [-0.39, 0.29) is 11.7 Å². The number of non-ortho nitro benzene ring substituents is 1. The minimum Gasteiger partial charge on any atom is -0.381 e. The third-order valence-corrected chi connectivity index (χ3v) is 3.42. The van der Waals surface area contributed by atoms with Gasteiger partial charge in [-0.3, -0.25) is 10.1 Å². The van der Waals surface area contributed by atoms with Crippen LogP contribution in [0.15, 0.2) is 24.3 Å². The van der Waals surface area contributed by atoms with Crippen LogP contribution in [0.25, 0.3) is 0 Å². The van der Waals surface area contributed by atoms with Crippen molar-refractivity contribution in [1.82, 2.24) is 0 Å². The van der Waals surface area contributed by atoms with Gasteiger partial charge in [0, 0.05) is 24.8 Å². The standard InChI is InChI=1S/C13H18N2O3/c14-13(11-2-1-7-18-9-11)8-10-3-5-12(6-4-10)15(16)17/h3-6,11,13H,1-2,7-9,14H2. The summed E-state index contributed by atoms with van der Waals surface area (Å²) in [4.78, 5) is 10.2. The van der Waals surface area contributed by atoms with Crippen LogP contribution in [0, 0.1) is 16.0 Å². The SMILES string of the molecule is NC(Cc1ccc([N+](=O)[O-])cc1)C1CCCOC1. The summed E-state index contributed by atoms with van der Waals surface area (Å²) in [6, 6.07) is 6.68. The number of rotatable bonds is 4. The molecule has 0 bridgehead atoms. The fourth-order valence-corrected chi connectivity index (χ4v) is 2.30. The zero-order valence-corrected chi connectivity index (χ0v) is 10.2. The Morgan fingerprint density at radius 2 is 2.17 bits per heavy atom. The second-order valence-corrected chi connectivity index (χ2v) is 4.77. The van der Waals surface area contributed by atoms with Crippen LogP contribution in [0.2, 0.25) is 0 Å². The topological polar surface area (TPSA) is 78.4 Å². The van der Waals surface area contributed by atoms with Gasteiger partial charge < -0.3 is 10.5 Å². The van der Waals surface area contributed by atoms with Crippen LogP contribution in [0.3, 0.4) is 0 Å². The molecule has 1 aliphatic heterocycles. The fourth-order valence-electron chi connectivity index (χ4n) is 2.30. The Balaban J connectivity index is 1.93. The Morgan fingerprint density at radius 1 is 1.44 bits per heavy atom. The van der Waals surface area contributed by atoms with E-state index < -0.39 is 4.92 Å². The van der Waals surface area contributed by atoms with Gasteiger partial charge in [-0.05, 0) is 30.7 Å². The number of nitro groups is 1. The predicted molar refractivity (Wildman–Crippen MR) is 68.3 cm³/mol. The van der Waals surface area contributed by atoms with Crippen LogP contribution >= 0.6 is 0 Å². The Kier molecular flexibility index (Phi) is 4.28. The average Bonchev–Trinajstić information content (AvgIpc) is 2.40. The van der Waals surface area contributed by atoms with Gasteiger partial charge in [-0.15, -0.1) is 0 Å². The number of nitro benzene ring substituents is 1. The molecule has 1 saturated heterocycles. The maximum absolute atomic E-state index is 10.5. The number of nitrogens with two attached hydrogens (primary N) is 1. The molecule has 5 heteroatoms. The molecule has 0 radical (unpaired) electrons. The molecular weight excluding hydrogens is 232 g/mol. The maximum atomic E-state index is 10.5. The first-order valence-electron chi connectivity index (χ1n) is 6.23. The first-order valence-corrected chi connectivity index (χ1v) is 6.23. The quantitative estimate of drug-likeness (QED) is 0.653. The molecule has 2 atom stereocenters. The maximum Gasteiger partial charge on any atom is 0.269 e. The number of hydrogen-bond donors (Lipinski definition) is 1. The third kappa shape index (κ3) is 3.27. The van der Waals surface area contributed by atoms with Crippen molar-refractivity contribution in [1.29, 1.82) is 0 Å². The Labute approximate surface area is 106 Å². The molecule has 0 aromatic heterocycles. The average molecular weight is 250 g/mol. The molecule has 0 amide bonds. The Hall–Kier alpha value is -1.46. The molecule has 2 rings (SSSR count). The van der Waals surface area contributed by atoms with E-state index in [1.165, 1.54) is 12.1 Å². The van der Waals surface area contributed by atoms with Crippen LogP contribution in [0.4, 0.5) is 5.69 Å². The number of benzene rings is 1. The summed E-state index contributed by atoms with van der Waals surface area (Å²) >= 11 is 0. The van der Waals surface area contributed by atoms with E-state index >= 15 is 0 Å². The first kappa shape index (κ1) is 13.0. The van der Waals surface area contributed by atoms with E-state index in [0.717, 1.165) is 38.0 Å². The largest absolute Gasteiger partial charge is 0.381 e. The van der Waals surface area contributed by atoms with Crippen LogP contribution < -0.4 is 5.73 Å². The van der Waals surface area contributed by atoms with Gasteiger partial charge >= 0.3 is 0 Å². The summed E-state index contributed by atoms with van der Waals surface area (Å²) in [5, 5.41) is 10.5. The summed E-state index contributed by atoms with van der Waals surface area (Å²) in [5.41, 5.74) is 7.32. The normalized spacial score (nSPS) is 21.5. The van der Waals surface area contributed by atoms with E-state index in [1.54, 1.807) is 12.1 Å². The molecule has 2 unspecified atom stereocenters. The molecule has 18 heavy (non-hydrogen) atoms. The lowest BCUT2D eigenvalue weighted by molar-refractivity contribution is -0.384. The van der Waals surface area contributed by atoms with E-state index in [0.29, 0.717) is 5.92 Å². The van der Waals surface area contributed by atoms with E-state index in [9.17, 15) is 10.1 Å². The lowest BCUT2D eigenvalue weighted by Crippen LogP contribution is -2.37. The van der Waals surface area contributed by atoms with Crippen molar-refractivity contribution in [3.8, 4) is 0 Å². The van der Waals surface area contributed by atoms with Crippen molar-refractivity contribution in [3.63, 3.8) is 0 Å². The van der Waals surface area contributed by atoms with Crippen molar-refractivity contribution >= 4 is 5.69 Å². The highest BCUT2D eigenvalue weighted by Gasteiger charge is 2.21. The smallest absolute Gasteiger partial charge is 0.269 e. The molecule has 1 aliphatic rings. The molecule has 1 heterocycles. The van der Waals surface area contributed by atoms with Crippen molar-refractivity contribution < 1.29 is 9.66 Å². The monoisotopic (exact) mass is 250 g/mol.